The van der Waals surface area contributed by atoms with Crippen molar-refractivity contribution in [2.75, 3.05) is 20.3 Å². The Morgan fingerprint density at radius 1 is 1.29 bits per heavy atom. The van der Waals surface area contributed by atoms with Crippen molar-refractivity contribution in [2.24, 2.45) is 0 Å². The highest BCUT2D eigenvalue weighted by Crippen LogP contribution is 2.49. The molecule has 6 nitrogen and oxygen atoms in total. The number of fused-ring (bicyclic) bond motifs is 1. The third kappa shape index (κ3) is 4.05. The van der Waals surface area contributed by atoms with E-state index in [0.717, 1.165) is 33.3 Å². The summed E-state index contributed by atoms with van der Waals surface area (Å²) in [4.78, 5) is 16.9. The summed E-state index contributed by atoms with van der Waals surface area (Å²) >= 11 is 0. The fourth-order valence-corrected chi connectivity index (χ4v) is 5.56. The minimum Gasteiger partial charge on any atom is -0.496 e. The Bertz CT molecular complexity index is 1220. The summed E-state index contributed by atoms with van der Waals surface area (Å²) < 4.78 is 39.7. The smallest absolute Gasteiger partial charge is 0.335 e. The van der Waals surface area contributed by atoms with Crippen LogP contribution in [-0.4, -0.2) is 52.7 Å². The molecule has 0 aliphatic carbocycles. The largest absolute Gasteiger partial charge is 0.496 e. The maximum atomic E-state index is 14.1. The number of hydrogen-bond donors (Lipinski definition) is 2. The molecule has 34 heavy (non-hydrogen) atoms. The summed E-state index contributed by atoms with van der Waals surface area (Å²) in [6, 6.07) is 10.5. The predicted octanol–water partition coefficient (Wildman–Crippen LogP) is 5.31. The topological polar surface area (TPSA) is 74.8 Å². The summed E-state index contributed by atoms with van der Waals surface area (Å²) in [5, 5.41) is 10.4. The second-order valence-electron chi connectivity index (χ2n) is 9.51. The lowest BCUT2D eigenvalue weighted by Gasteiger charge is -2.44. The van der Waals surface area contributed by atoms with Gasteiger partial charge in [0.05, 0.1) is 18.3 Å². The van der Waals surface area contributed by atoms with Crippen molar-refractivity contribution in [3.8, 4) is 5.75 Å². The Morgan fingerprint density at radius 3 is 2.71 bits per heavy atom. The van der Waals surface area contributed by atoms with Crippen LogP contribution in [0.1, 0.15) is 52.4 Å². The molecular weight excluding hydrogens is 442 g/mol. The van der Waals surface area contributed by atoms with Crippen LogP contribution in [0.2, 0.25) is 0 Å². The Kier molecular flexibility index (Phi) is 5.61. The van der Waals surface area contributed by atoms with Gasteiger partial charge >= 0.3 is 5.97 Å². The number of aromatic nitrogens is 1. The van der Waals surface area contributed by atoms with Gasteiger partial charge in [0.1, 0.15) is 12.4 Å². The molecule has 1 aromatic heterocycles. The minimum atomic E-state index is -2.82. The molecule has 2 atom stereocenters. The van der Waals surface area contributed by atoms with Crippen LogP contribution >= 0.6 is 0 Å². The van der Waals surface area contributed by atoms with Crippen molar-refractivity contribution < 1.29 is 28.2 Å². The first-order valence-electron chi connectivity index (χ1n) is 11.4. The number of piperidine rings is 1. The van der Waals surface area contributed by atoms with Gasteiger partial charge in [-0.25, -0.2) is 13.6 Å². The lowest BCUT2D eigenvalue weighted by atomic mass is 9.80. The van der Waals surface area contributed by atoms with E-state index in [-0.39, 0.29) is 18.0 Å². The lowest BCUT2D eigenvalue weighted by molar-refractivity contribution is -0.0703. The van der Waals surface area contributed by atoms with Crippen molar-refractivity contribution in [1.29, 1.82) is 0 Å². The van der Waals surface area contributed by atoms with Crippen molar-refractivity contribution in [3.05, 3.63) is 64.8 Å². The highest BCUT2D eigenvalue weighted by atomic mass is 19.3. The molecule has 3 heterocycles. The number of nitrogens with one attached hydrogen (secondary N) is 1. The second-order valence-corrected chi connectivity index (χ2v) is 9.51. The standard InChI is InChI=1S/C26H28F2N2O4/c1-16-11-22(33-2)20(19-7-9-29-23(16)19)13-30-10-8-25(14-26(27,28)15-34-25)12-21(30)17-3-5-18(6-4-17)24(31)32/h3-7,9,11,21,29H,8,10,12-15H2,1-2H3,(H,31,32). The van der Waals surface area contributed by atoms with Crippen LogP contribution in [0.4, 0.5) is 8.78 Å². The SMILES string of the molecule is COc1cc(C)c2[nH]ccc2c1CN1CCC2(CC1c1ccc(C(=O)O)cc1)CC(F)(F)CO2. The molecule has 0 radical (unpaired) electrons. The Hall–Kier alpha value is -2.97. The van der Waals surface area contributed by atoms with E-state index in [1.165, 1.54) is 0 Å². The summed E-state index contributed by atoms with van der Waals surface area (Å²) in [7, 11) is 1.65. The molecule has 0 amide bonds. The van der Waals surface area contributed by atoms with E-state index in [4.69, 9.17) is 9.47 Å². The molecule has 180 valence electrons. The summed E-state index contributed by atoms with van der Waals surface area (Å²) in [5.41, 5.74) is 3.37. The molecular formula is C26H28F2N2O4. The number of aryl methyl sites for hydroxylation is 1. The zero-order valence-electron chi connectivity index (χ0n) is 19.2. The average Bonchev–Trinajstić information content (AvgIpc) is 3.42. The fraction of sp³-hybridized carbons (Fsp3) is 0.423. The van der Waals surface area contributed by atoms with Gasteiger partial charge in [-0.05, 0) is 55.2 Å². The average molecular weight is 471 g/mol. The second kappa shape index (κ2) is 8.36. The third-order valence-electron chi connectivity index (χ3n) is 7.27. The first kappa shape index (κ1) is 22.8. The maximum absolute atomic E-state index is 14.1. The molecule has 8 heteroatoms. The van der Waals surface area contributed by atoms with E-state index in [1.54, 1.807) is 31.4 Å². The third-order valence-corrected chi connectivity index (χ3v) is 7.27. The number of likely N-dealkylation sites (tertiary alicyclic amines) is 1. The highest BCUT2D eigenvalue weighted by molar-refractivity contribution is 5.88. The molecule has 2 fully saturated rings. The van der Waals surface area contributed by atoms with Crippen LogP contribution < -0.4 is 4.74 Å². The number of carboxylic acids is 1. The normalized spacial score (nSPS) is 24.6. The number of ether oxygens (including phenoxy) is 2. The molecule has 0 bridgehead atoms. The number of aromatic carboxylic acids is 1. The van der Waals surface area contributed by atoms with Gasteiger partial charge in [0.15, 0.2) is 0 Å². The number of alkyl halides is 2. The van der Waals surface area contributed by atoms with E-state index >= 15 is 0 Å². The number of benzene rings is 2. The number of H-pyrrole nitrogens is 1. The zero-order chi connectivity index (χ0) is 24.1. The predicted molar refractivity (Wildman–Crippen MR) is 124 cm³/mol. The monoisotopic (exact) mass is 470 g/mol. The van der Waals surface area contributed by atoms with Gasteiger partial charge in [0.2, 0.25) is 0 Å². The molecule has 3 aromatic rings. The number of rotatable bonds is 5. The van der Waals surface area contributed by atoms with E-state index in [1.807, 2.05) is 25.3 Å². The summed E-state index contributed by atoms with van der Waals surface area (Å²) in [6.45, 7) is 2.62. The van der Waals surface area contributed by atoms with Crippen LogP contribution in [0.5, 0.6) is 5.75 Å². The number of nitrogens with zero attached hydrogens (tertiary/aromatic N) is 1. The fourth-order valence-electron chi connectivity index (χ4n) is 5.56. The number of carboxylic acid groups (broad SMARTS) is 1. The number of hydrogen-bond acceptors (Lipinski definition) is 4. The van der Waals surface area contributed by atoms with Crippen LogP contribution in [0.3, 0.4) is 0 Å². The van der Waals surface area contributed by atoms with Crippen LogP contribution in [0, 0.1) is 6.92 Å². The zero-order valence-corrected chi connectivity index (χ0v) is 19.2. The quantitative estimate of drug-likeness (QED) is 0.528. The van der Waals surface area contributed by atoms with Gasteiger partial charge < -0.3 is 19.6 Å². The van der Waals surface area contributed by atoms with Gasteiger partial charge in [0, 0.05) is 48.2 Å². The number of methoxy groups -OCH3 is 1. The molecule has 5 rings (SSSR count). The summed E-state index contributed by atoms with van der Waals surface area (Å²) in [5.74, 6) is -3.03. The molecule has 2 unspecified atom stereocenters. The van der Waals surface area contributed by atoms with Crippen molar-refractivity contribution in [2.45, 2.75) is 50.3 Å². The van der Waals surface area contributed by atoms with Crippen LogP contribution in [0.25, 0.3) is 10.9 Å². The molecule has 2 N–H and O–H groups in total. The molecule has 2 aliphatic rings. The number of halogens is 2. The highest BCUT2D eigenvalue weighted by Gasteiger charge is 2.53. The van der Waals surface area contributed by atoms with Gasteiger partial charge in [-0.3, -0.25) is 4.90 Å². The van der Waals surface area contributed by atoms with Gasteiger partial charge in [-0.2, -0.15) is 0 Å². The first-order chi connectivity index (χ1) is 16.2. The number of carbonyl (C=O) groups is 1. The van der Waals surface area contributed by atoms with E-state index in [0.29, 0.717) is 25.9 Å². The van der Waals surface area contributed by atoms with E-state index < -0.39 is 24.1 Å². The van der Waals surface area contributed by atoms with Gasteiger partial charge in [-0.15, -0.1) is 0 Å². The summed E-state index contributed by atoms with van der Waals surface area (Å²) in [6.07, 6.45) is 2.55. The molecule has 2 aliphatic heterocycles. The van der Waals surface area contributed by atoms with Crippen LogP contribution in [0.15, 0.2) is 42.6 Å². The minimum absolute atomic E-state index is 0.193. The van der Waals surface area contributed by atoms with Crippen molar-refractivity contribution in [1.82, 2.24) is 9.88 Å². The van der Waals surface area contributed by atoms with Crippen molar-refractivity contribution in [3.63, 3.8) is 0 Å². The van der Waals surface area contributed by atoms with E-state index in [2.05, 4.69) is 9.88 Å². The maximum Gasteiger partial charge on any atom is 0.335 e. The lowest BCUT2D eigenvalue weighted by Crippen LogP contribution is -2.46. The molecule has 2 aromatic carbocycles. The van der Waals surface area contributed by atoms with Gasteiger partial charge in [0.25, 0.3) is 5.92 Å². The first-order valence-corrected chi connectivity index (χ1v) is 11.4. The number of aromatic amines is 1. The van der Waals surface area contributed by atoms with E-state index in [9.17, 15) is 18.7 Å². The van der Waals surface area contributed by atoms with Crippen LogP contribution in [-0.2, 0) is 11.3 Å². The molecule has 0 saturated carbocycles. The molecule has 2 saturated heterocycles. The van der Waals surface area contributed by atoms with Gasteiger partial charge in [-0.1, -0.05) is 12.1 Å². The molecule has 1 spiro atoms. The Labute approximate surface area is 196 Å². The Balaban J connectivity index is 1.52. The Morgan fingerprint density at radius 2 is 2.06 bits per heavy atom. The van der Waals surface area contributed by atoms with Crippen molar-refractivity contribution >= 4 is 16.9 Å².